The minimum Gasteiger partial charge on any atom is -0.497 e. The molecule has 32 heavy (non-hydrogen) atoms. The molecule has 3 rings (SSSR count). The Kier molecular flexibility index (Phi) is 8.52. The van der Waals surface area contributed by atoms with Crippen LogP contribution < -0.4 is 15.4 Å². The second kappa shape index (κ2) is 11.5. The molecule has 0 unspecified atom stereocenters. The number of ether oxygens (including phenoxy) is 1. The summed E-state index contributed by atoms with van der Waals surface area (Å²) in [7, 11) is 1.58. The van der Waals surface area contributed by atoms with Crippen molar-refractivity contribution in [3.63, 3.8) is 0 Å². The van der Waals surface area contributed by atoms with Gasteiger partial charge in [0.15, 0.2) is 5.16 Å². The third kappa shape index (κ3) is 6.48. The fourth-order valence-corrected chi connectivity index (χ4v) is 3.87. The van der Waals surface area contributed by atoms with E-state index in [1.165, 1.54) is 11.8 Å². The van der Waals surface area contributed by atoms with Crippen LogP contribution in [0.1, 0.15) is 23.1 Å². The van der Waals surface area contributed by atoms with E-state index < -0.39 is 0 Å². The Balaban J connectivity index is 1.49. The molecule has 0 saturated heterocycles. The molecule has 0 aliphatic carbocycles. The van der Waals surface area contributed by atoms with Crippen molar-refractivity contribution in [2.24, 2.45) is 0 Å². The highest BCUT2D eigenvalue weighted by Gasteiger charge is 2.14. The number of thioether (sulfide) groups is 1. The summed E-state index contributed by atoms with van der Waals surface area (Å²) >= 11 is 7.17. The Morgan fingerprint density at radius 1 is 1.09 bits per heavy atom. The molecule has 0 aliphatic heterocycles. The number of benzene rings is 2. The molecule has 168 valence electrons. The first-order chi connectivity index (χ1) is 15.5. The van der Waals surface area contributed by atoms with Crippen molar-refractivity contribution < 1.29 is 14.3 Å². The first-order valence-corrected chi connectivity index (χ1v) is 11.4. The normalized spacial score (nSPS) is 10.6. The summed E-state index contributed by atoms with van der Waals surface area (Å²) in [6.45, 7) is 3.07. The highest BCUT2D eigenvalue weighted by Crippen LogP contribution is 2.19. The molecule has 2 aromatic carbocycles. The summed E-state index contributed by atoms with van der Waals surface area (Å²) in [5, 5.41) is 15.4. The summed E-state index contributed by atoms with van der Waals surface area (Å²) < 4.78 is 7.05. The molecule has 1 heterocycles. The molecular formula is C22H24ClN5O3S. The van der Waals surface area contributed by atoms with Gasteiger partial charge in [0.05, 0.1) is 12.9 Å². The Hall–Kier alpha value is -3.04. The maximum absolute atomic E-state index is 12.3. The number of carbonyl (C=O) groups is 2. The van der Waals surface area contributed by atoms with Crippen molar-refractivity contribution in [3.8, 4) is 5.75 Å². The molecule has 0 saturated carbocycles. The lowest BCUT2D eigenvalue weighted by atomic mass is 10.2. The van der Waals surface area contributed by atoms with Crippen molar-refractivity contribution in [2.75, 3.05) is 24.7 Å². The Bertz CT molecular complexity index is 1050. The number of nitrogens with one attached hydrogen (secondary N) is 2. The van der Waals surface area contributed by atoms with Crippen molar-refractivity contribution in [2.45, 2.75) is 25.0 Å². The van der Waals surface area contributed by atoms with Gasteiger partial charge in [-0.05, 0) is 55.5 Å². The fourth-order valence-electron chi connectivity index (χ4n) is 2.92. The van der Waals surface area contributed by atoms with Crippen LogP contribution in [0.15, 0.2) is 53.7 Å². The van der Waals surface area contributed by atoms with Gasteiger partial charge in [0.1, 0.15) is 11.6 Å². The Morgan fingerprint density at radius 2 is 1.81 bits per heavy atom. The van der Waals surface area contributed by atoms with E-state index in [0.29, 0.717) is 46.7 Å². The van der Waals surface area contributed by atoms with Gasteiger partial charge in [-0.25, -0.2) is 0 Å². The van der Waals surface area contributed by atoms with E-state index >= 15 is 0 Å². The number of amides is 2. The smallest absolute Gasteiger partial charge is 0.251 e. The van der Waals surface area contributed by atoms with Gasteiger partial charge in [0.2, 0.25) is 5.91 Å². The van der Waals surface area contributed by atoms with Crippen LogP contribution >= 0.6 is 23.4 Å². The number of hydrogen-bond donors (Lipinski definition) is 2. The SMILES string of the molecule is CCn1c(CCNC(=O)c2ccc(OC)cc2)nnc1SCC(=O)Nc1ccc(Cl)cc1. The van der Waals surface area contributed by atoms with E-state index in [4.69, 9.17) is 16.3 Å². The maximum Gasteiger partial charge on any atom is 0.251 e. The summed E-state index contributed by atoms with van der Waals surface area (Å²) in [6, 6.07) is 13.9. The molecule has 3 aromatic rings. The minimum absolute atomic E-state index is 0.142. The molecule has 0 aliphatic rings. The van der Waals surface area contributed by atoms with Crippen LogP contribution in [0.4, 0.5) is 5.69 Å². The van der Waals surface area contributed by atoms with Crippen LogP contribution in [-0.2, 0) is 17.8 Å². The molecule has 10 heteroatoms. The van der Waals surface area contributed by atoms with Crippen LogP contribution in [0.25, 0.3) is 0 Å². The lowest BCUT2D eigenvalue weighted by molar-refractivity contribution is -0.113. The van der Waals surface area contributed by atoms with Crippen LogP contribution in [0.2, 0.25) is 5.02 Å². The van der Waals surface area contributed by atoms with Crippen molar-refractivity contribution in [1.29, 1.82) is 0 Å². The molecule has 0 spiro atoms. The fraction of sp³-hybridized carbons (Fsp3) is 0.273. The van der Waals surface area contributed by atoms with E-state index in [-0.39, 0.29) is 17.6 Å². The number of methoxy groups -OCH3 is 1. The first-order valence-electron chi connectivity index (χ1n) is 10.0. The van der Waals surface area contributed by atoms with Gasteiger partial charge in [-0.15, -0.1) is 10.2 Å². The number of hydrogen-bond acceptors (Lipinski definition) is 6. The average molecular weight is 474 g/mol. The number of nitrogens with zero attached hydrogens (tertiary/aromatic N) is 3. The van der Waals surface area contributed by atoms with Gasteiger partial charge in [-0.2, -0.15) is 0 Å². The molecule has 0 bridgehead atoms. The molecule has 2 N–H and O–H groups in total. The third-order valence-electron chi connectivity index (χ3n) is 4.56. The molecule has 0 fully saturated rings. The average Bonchev–Trinajstić information content (AvgIpc) is 3.21. The minimum atomic E-state index is -0.163. The zero-order chi connectivity index (χ0) is 22.9. The number of anilines is 1. The predicted molar refractivity (Wildman–Crippen MR) is 126 cm³/mol. The Labute approximate surface area is 195 Å². The van der Waals surface area contributed by atoms with E-state index in [0.717, 1.165) is 5.82 Å². The van der Waals surface area contributed by atoms with Gasteiger partial charge in [0, 0.05) is 35.8 Å². The maximum atomic E-state index is 12.3. The zero-order valence-corrected chi connectivity index (χ0v) is 19.4. The summed E-state index contributed by atoms with van der Waals surface area (Å²) in [5.41, 5.74) is 1.25. The van der Waals surface area contributed by atoms with Crippen molar-refractivity contribution in [1.82, 2.24) is 20.1 Å². The highest BCUT2D eigenvalue weighted by molar-refractivity contribution is 7.99. The molecule has 0 atom stereocenters. The Morgan fingerprint density at radius 3 is 2.47 bits per heavy atom. The van der Waals surface area contributed by atoms with Crippen LogP contribution in [-0.4, -0.2) is 46.0 Å². The predicted octanol–water partition coefficient (Wildman–Crippen LogP) is 3.66. The molecule has 0 radical (unpaired) electrons. The number of halogens is 1. The van der Waals surface area contributed by atoms with Crippen molar-refractivity contribution in [3.05, 3.63) is 64.9 Å². The van der Waals surface area contributed by atoms with Crippen LogP contribution in [0.3, 0.4) is 0 Å². The molecule has 1 aromatic heterocycles. The number of carbonyl (C=O) groups excluding carboxylic acids is 2. The van der Waals surface area contributed by atoms with E-state index in [9.17, 15) is 9.59 Å². The second-order valence-corrected chi connectivity index (χ2v) is 8.10. The van der Waals surface area contributed by atoms with Gasteiger partial charge < -0.3 is 19.9 Å². The summed E-state index contributed by atoms with van der Waals surface area (Å²) in [4.78, 5) is 24.5. The van der Waals surface area contributed by atoms with E-state index in [1.807, 2.05) is 11.5 Å². The first kappa shape index (κ1) is 23.6. The number of aromatic nitrogens is 3. The molecular weight excluding hydrogens is 450 g/mol. The van der Waals surface area contributed by atoms with Gasteiger partial charge >= 0.3 is 0 Å². The third-order valence-corrected chi connectivity index (χ3v) is 5.78. The lowest BCUT2D eigenvalue weighted by Gasteiger charge is -2.09. The quantitative estimate of drug-likeness (QED) is 0.436. The van der Waals surface area contributed by atoms with Gasteiger partial charge in [-0.1, -0.05) is 23.4 Å². The molecule has 8 nitrogen and oxygen atoms in total. The van der Waals surface area contributed by atoms with E-state index in [2.05, 4.69) is 20.8 Å². The van der Waals surface area contributed by atoms with Gasteiger partial charge in [0.25, 0.3) is 5.91 Å². The molecule has 2 amide bonds. The zero-order valence-electron chi connectivity index (χ0n) is 17.8. The standard InChI is InChI=1S/C22H24ClN5O3S/c1-3-28-19(12-13-24-21(30)15-4-10-18(31-2)11-5-15)26-27-22(28)32-14-20(29)25-17-8-6-16(23)7-9-17/h4-11H,3,12-14H2,1-2H3,(H,24,30)(H,25,29). The highest BCUT2D eigenvalue weighted by atomic mass is 35.5. The second-order valence-electron chi connectivity index (χ2n) is 6.72. The summed E-state index contributed by atoms with van der Waals surface area (Å²) in [5.74, 6) is 1.35. The summed E-state index contributed by atoms with van der Waals surface area (Å²) in [6.07, 6.45) is 0.528. The van der Waals surface area contributed by atoms with Crippen LogP contribution in [0.5, 0.6) is 5.75 Å². The lowest BCUT2D eigenvalue weighted by Crippen LogP contribution is -2.26. The van der Waals surface area contributed by atoms with Gasteiger partial charge in [-0.3, -0.25) is 9.59 Å². The largest absolute Gasteiger partial charge is 0.497 e. The monoisotopic (exact) mass is 473 g/mol. The van der Waals surface area contributed by atoms with E-state index in [1.54, 1.807) is 55.6 Å². The van der Waals surface area contributed by atoms with Crippen LogP contribution in [0, 0.1) is 0 Å². The topological polar surface area (TPSA) is 98.1 Å². The number of rotatable bonds is 10. The van der Waals surface area contributed by atoms with Crippen molar-refractivity contribution >= 4 is 40.9 Å².